The number of para-hydroxylation sites is 1. The van der Waals surface area contributed by atoms with E-state index in [1.807, 2.05) is 61.5 Å². The number of rotatable bonds is 7. The topological polar surface area (TPSA) is 24.1 Å². The van der Waals surface area contributed by atoms with Crippen LogP contribution in [0.5, 0.6) is 0 Å². The number of halogens is 5. The van der Waals surface area contributed by atoms with Gasteiger partial charge in [0.2, 0.25) is 0 Å². The Morgan fingerprint density at radius 1 is 0.848 bits per heavy atom. The second kappa shape index (κ2) is 9.44. The summed E-state index contributed by atoms with van der Waals surface area (Å²) < 4.78 is 0. The lowest BCUT2D eigenvalue weighted by molar-refractivity contribution is 0.899. The summed E-state index contributed by atoms with van der Waals surface area (Å²) in [5, 5.41) is 8.95. The van der Waals surface area contributed by atoms with Gasteiger partial charge in [-0.15, -0.1) is 11.6 Å². The molecule has 1 aliphatic rings. The first-order valence-electron chi connectivity index (χ1n) is 10.2. The molecular weight excluding hydrogens is 518 g/mol. The molecule has 33 heavy (non-hydrogen) atoms. The monoisotopic (exact) mass is 536 g/mol. The summed E-state index contributed by atoms with van der Waals surface area (Å²) in [6, 6.07) is 18.6. The summed E-state index contributed by atoms with van der Waals surface area (Å²) in [4.78, 5) is -0.497. The molecule has 3 unspecified atom stereocenters. The summed E-state index contributed by atoms with van der Waals surface area (Å²) in [6.07, 6.45) is 0. The van der Waals surface area contributed by atoms with E-state index >= 15 is 0 Å². The number of nitrogens with one attached hydrogen (secondary N) is 2. The predicted molar refractivity (Wildman–Crippen MR) is 145 cm³/mol. The molecule has 0 bridgehead atoms. The van der Waals surface area contributed by atoms with Gasteiger partial charge in [0.1, 0.15) is 0 Å². The highest BCUT2D eigenvalue weighted by atomic mass is 35.5. The highest BCUT2D eigenvalue weighted by Gasteiger charge is 2.62. The van der Waals surface area contributed by atoms with E-state index in [1.165, 1.54) is 0 Å². The van der Waals surface area contributed by atoms with E-state index in [4.69, 9.17) is 58.0 Å². The average Bonchev–Trinajstić information content (AvgIpc) is 3.32. The van der Waals surface area contributed by atoms with Gasteiger partial charge < -0.3 is 10.6 Å². The van der Waals surface area contributed by atoms with Gasteiger partial charge in [-0.3, -0.25) is 0 Å². The number of hydrogen-bond donors (Lipinski definition) is 2. The fourth-order valence-electron chi connectivity index (χ4n) is 4.19. The maximum atomic E-state index is 6.84. The Bertz CT molecular complexity index is 1230. The summed E-state index contributed by atoms with van der Waals surface area (Å²) in [6.45, 7) is 10.4. The van der Waals surface area contributed by atoms with Gasteiger partial charge in [-0.2, -0.15) is 0 Å². The van der Waals surface area contributed by atoms with Crippen LogP contribution >= 0.6 is 58.0 Å². The smallest absolute Gasteiger partial charge is 0.0640 e. The van der Waals surface area contributed by atoms with Gasteiger partial charge in [0.15, 0.2) is 0 Å². The zero-order chi connectivity index (χ0) is 23.9. The molecule has 0 aromatic heterocycles. The number of hydrogen-bond acceptors (Lipinski definition) is 2. The molecule has 0 spiro atoms. The van der Waals surface area contributed by atoms with Crippen LogP contribution in [-0.2, 0) is 0 Å². The molecule has 3 aromatic rings. The van der Waals surface area contributed by atoms with Crippen LogP contribution in [0.25, 0.3) is 5.70 Å². The molecule has 0 radical (unpaired) electrons. The van der Waals surface area contributed by atoms with Crippen LogP contribution in [0.3, 0.4) is 0 Å². The second-order valence-corrected chi connectivity index (χ2v) is 10.7. The van der Waals surface area contributed by atoms with Crippen molar-refractivity contribution in [1.29, 1.82) is 0 Å². The molecule has 2 nitrogen and oxygen atoms in total. The minimum absolute atomic E-state index is 0.00252. The zero-order valence-corrected chi connectivity index (χ0v) is 21.5. The molecule has 3 atom stereocenters. The Labute approximate surface area is 219 Å². The highest BCUT2D eigenvalue weighted by Crippen LogP contribution is 2.65. The molecule has 0 saturated heterocycles. The molecule has 1 aliphatic carbocycles. The van der Waals surface area contributed by atoms with Gasteiger partial charge in [-0.25, -0.2) is 0 Å². The standard InChI is InChI=1S/C26H21Cl5N2/c1-14(33-23-7-5-4-6-22(23)30)20-13-19(8-9-21(20)29)32-15(2)24-25(26(24,3)31)16-10-17(27)12-18(28)11-16/h4-13,24-25,32-33H,1-2H2,3H3. The third-order valence-electron chi connectivity index (χ3n) is 5.82. The van der Waals surface area contributed by atoms with Crippen molar-refractivity contribution >= 4 is 75.1 Å². The first-order valence-corrected chi connectivity index (χ1v) is 12.1. The van der Waals surface area contributed by atoms with Crippen molar-refractivity contribution in [3.63, 3.8) is 0 Å². The quantitative estimate of drug-likeness (QED) is 0.293. The van der Waals surface area contributed by atoms with Crippen molar-refractivity contribution in [1.82, 2.24) is 0 Å². The first kappa shape index (κ1) is 24.3. The molecule has 3 aromatic carbocycles. The summed E-state index contributed by atoms with van der Waals surface area (Å²) in [5.74, 6) is 0.0382. The Kier molecular flexibility index (Phi) is 6.96. The first-order chi connectivity index (χ1) is 15.6. The van der Waals surface area contributed by atoms with Gasteiger partial charge >= 0.3 is 0 Å². The Morgan fingerprint density at radius 2 is 1.52 bits per heavy atom. The minimum atomic E-state index is -0.497. The summed E-state index contributed by atoms with van der Waals surface area (Å²) >= 11 is 32.0. The zero-order valence-electron chi connectivity index (χ0n) is 17.7. The largest absolute Gasteiger partial charge is 0.359 e. The van der Waals surface area contributed by atoms with E-state index in [0.29, 0.717) is 25.8 Å². The fourth-order valence-corrected chi connectivity index (χ4v) is 5.59. The Hall–Kier alpha value is -1.81. The normalized spacial score (nSPS) is 21.4. The van der Waals surface area contributed by atoms with E-state index in [9.17, 15) is 0 Å². The number of anilines is 2. The number of allylic oxidation sites excluding steroid dienone is 1. The van der Waals surface area contributed by atoms with E-state index in [1.54, 1.807) is 6.07 Å². The number of benzene rings is 3. The molecule has 2 N–H and O–H groups in total. The van der Waals surface area contributed by atoms with Crippen LogP contribution in [0.2, 0.25) is 20.1 Å². The van der Waals surface area contributed by atoms with Crippen LogP contribution in [0.1, 0.15) is 24.0 Å². The lowest BCUT2D eigenvalue weighted by Crippen LogP contribution is -2.06. The van der Waals surface area contributed by atoms with Gasteiger partial charge in [0.25, 0.3) is 0 Å². The average molecular weight is 539 g/mol. The maximum absolute atomic E-state index is 6.84. The minimum Gasteiger partial charge on any atom is -0.359 e. The van der Waals surface area contributed by atoms with E-state index in [0.717, 1.165) is 28.2 Å². The van der Waals surface area contributed by atoms with Crippen molar-refractivity contribution in [2.45, 2.75) is 17.7 Å². The lowest BCUT2D eigenvalue weighted by atomic mass is 10.1. The van der Waals surface area contributed by atoms with Crippen LogP contribution in [-0.4, -0.2) is 4.87 Å². The summed E-state index contributed by atoms with van der Waals surface area (Å²) in [7, 11) is 0. The third-order valence-corrected chi connectivity index (χ3v) is 7.38. The fraction of sp³-hybridized carbons (Fsp3) is 0.154. The highest BCUT2D eigenvalue weighted by molar-refractivity contribution is 6.35. The molecule has 0 heterocycles. The Morgan fingerprint density at radius 3 is 2.18 bits per heavy atom. The lowest BCUT2D eigenvalue weighted by Gasteiger charge is -2.16. The molecule has 1 saturated carbocycles. The molecule has 0 aliphatic heterocycles. The molecular formula is C26H21Cl5N2. The predicted octanol–water partition coefficient (Wildman–Crippen LogP) is 9.72. The summed E-state index contributed by atoms with van der Waals surface area (Å²) in [5.41, 5.74) is 4.74. The van der Waals surface area contributed by atoms with Crippen LogP contribution < -0.4 is 10.6 Å². The van der Waals surface area contributed by atoms with Crippen molar-refractivity contribution < 1.29 is 0 Å². The van der Waals surface area contributed by atoms with Gasteiger partial charge in [0, 0.05) is 44.5 Å². The van der Waals surface area contributed by atoms with Crippen LogP contribution in [0.4, 0.5) is 11.4 Å². The van der Waals surface area contributed by atoms with Crippen molar-refractivity contribution in [3.05, 3.63) is 111 Å². The van der Waals surface area contributed by atoms with E-state index < -0.39 is 4.87 Å². The SMILES string of the molecule is C=C(Nc1ccccc1Cl)c1cc(NC(=C)C2C(c3cc(Cl)cc(Cl)c3)C2(C)Cl)ccc1Cl. The van der Waals surface area contributed by atoms with Crippen molar-refractivity contribution in [3.8, 4) is 0 Å². The van der Waals surface area contributed by atoms with Crippen molar-refractivity contribution in [2.75, 3.05) is 10.6 Å². The molecule has 7 heteroatoms. The second-order valence-electron chi connectivity index (χ2n) is 8.24. The van der Waals surface area contributed by atoms with Gasteiger partial charge in [-0.1, -0.05) is 71.7 Å². The van der Waals surface area contributed by atoms with Crippen LogP contribution in [0, 0.1) is 5.92 Å². The van der Waals surface area contributed by atoms with E-state index in [-0.39, 0.29) is 11.8 Å². The van der Waals surface area contributed by atoms with Gasteiger partial charge in [-0.05, 0) is 61.0 Å². The molecule has 170 valence electrons. The molecule has 1 fully saturated rings. The maximum Gasteiger partial charge on any atom is 0.0640 e. The Balaban J connectivity index is 1.52. The number of alkyl halides is 1. The van der Waals surface area contributed by atoms with Gasteiger partial charge in [0.05, 0.1) is 20.6 Å². The van der Waals surface area contributed by atoms with Crippen LogP contribution in [0.15, 0.2) is 79.5 Å². The van der Waals surface area contributed by atoms with Crippen molar-refractivity contribution in [2.24, 2.45) is 5.92 Å². The molecule has 4 rings (SSSR count). The molecule has 0 amide bonds. The third kappa shape index (κ3) is 5.16. The van der Waals surface area contributed by atoms with E-state index in [2.05, 4.69) is 23.8 Å².